The van der Waals surface area contributed by atoms with Gasteiger partial charge in [-0.15, -0.1) is 0 Å². The van der Waals surface area contributed by atoms with Crippen LogP contribution in [0.15, 0.2) is 12.1 Å². The topological polar surface area (TPSA) is 50.1 Å². The number of methoxy groups -OCH3 is 1. The average molecular weight is 210 g/mol. The molecule has 0 bridgehead atoms. The standard InChI is InChI=1S/C10H8ClNO2/c1-6(13)7-3-4-9(11)10(14-2)8(7)5-12/h3-4H,1-2H3. The number of hydrogen-bond donors (Lipinski definition) is 0. The fourth-order valence-corrected chi connectivity index (χ4v) is 1.40. The molecule has 1 aromatic carbocycles. The smallest absolute Gasteiger partial charge is 0.161 e. The lowest BCUT2D eigenvalue weighted by molar-refractivity contribution is 0.101. The van der Waals surface area contributed by atoms with Gasteiger partial charge in [0.15, 0.2) is 11.5 Å². The van der Waals surface area contributed by atoms with Crippen LogP contribution in [-0.2, 0) is 0 Å². The Labute approximate surface area is 86.9 Å². The maximum atomic E-state index is 11.2. The molecule has 1 aromatic rings. The van der Waals surface area contributed by atoms with Crippen molar-refractivity contribution in [1.29, 1.82) is 5.26 Å². The molecule has 14 heavy (non-hydrogen) atoms. The third-order valence-corrected chi connectivity index (χ3v) is 2.10. The fourth-order valence-electron chi connectivity index (χ4n) is 1.16. The van der Waals surface area contributed by atoms with Gasteiger partial charge in [-0.2, -0.15) is 5.26 Å². The second-order valence-corrected chi connectivity index (χ2v) is 3.08. The Morgan fingerprint density at radius 3 is 2.64 bits per heavy atom. The number of hydrogen-bond acceptors (Lipinski definition) is 3. The molecule has 0 aliphatic carbocycles. The number of rotatable bonds is 2. The van der Waals surface area contributed by atoms with Gasteiger partial charge in [-0.1, -0.05) is 11.6 Å². The fraction of sp³-hybridized carbons (Fsp3) is 0.200. The van der Waals surface area contributed by atoms with E-state index in [2.05, 4.69) is 0 Å². The summed E-state index contributed by atoms with van der Waals surface area (Å²) < 4.78 is 4.95. The lowest BCUT2D eigenvalue weighted by atomic mass is 10.0. The lowest BCUT2D eigenvalue weighted by Crippen LogP contribution is -1.99. The summed E-state index contributed by atoms with van der Waals surface area (Å²) in [5.74, 6) is 0.0679. The first kappa shape index (κ1) is 10.6. The van der Waals surface area contributed by atoms with Gasteiger partial charge >= 0.3 is 0 Å². The Morgan fingerprint density at radius 2 is 2.21 bits per heavy atom. The molecule has 0 unspecified atom stereocenters. The van der Waals surface area contributed by atoms with Gasteiger partial charge in [0.05, 0.1) is 12.1 Å². The van der Waals surface area contributed by atoms with E-state index in [4.69, 9.17) is 21.6 Å². The predicted octanol–water partition coefficient (Wildman–Crippen LogP) is 2.42. The van der Waals surface area contributed by atoms with Crippen LogP contribution in [0.4, 0.5) is 0 Å². The van der Waals surface area contributed by atoms with Gasteiger partial charge in [0.2, 0.25) is 0 Å². The van der Waals surface area contributed by atoms with E-state index < -0.39 is 0 Å². The van der Waals surface area contributed by atoms with E-state index in [9.17, 15) is 4.79 Å². The minimum atomic E-state index is -0.184. The van der Waals surface area contributed by atoms with Gasteiger partial charge in [-0.25, -0.2) is 0 Å². The zero-order chi connectivity index (χ0) is 10.7. The maximum absolute atomic E-state index is 11.2. The van der Waals surface area contributed by atoms with Crippen molar-refractivity contribution in [3.63, 3.8) is 0 Å². The van der Waals surface area contributed by atoms with Gasteiger partial charge in [0.25, 0.3) is 0 Å². The second kappa shape index (κ2) is 4.12. The molecule has 0 atom stereocenters. The largest absolute Gasteiger partial charge is 0.494 e. The summed E-state index contributed by atoms with van der Waals surface area (Å²) in [5.41, 5.74) is 0.515. The van der Waals surface area contributed by atoms with Crippen LogP contribution in [-0.4, -0.2) is 12.9 Å². The van der Waals surface area contributed by atoms with Crippen molar-refractivity contribution in [1.82, 2.24) is 0 Å². The number of nitriles is 1. The summed E-state index contributed by atoms with van der Waals surface area (Å²) in [4.78, 5) is 11.2. The minimum Gasteiger partial charge on any atom is -0.494 e. The summed E-state index contributed by atoms with van der Waals surface area (Å²) >= 11 is 5.80. The number of carbonyl (C=O) groups is 1. The molecular formula is C10H8ClNO2. The van der Waals surface area contributed by atoms with Crippen LogP contribution in [0.1, 0.15) is 22.8 Å². The molecule has 0 fully saturated rings. The monoisotopic (exact) mass is 209 g/mol. The Balaban J connectivity index is 3.50. The Bertz CT molecular complexity index is 421. The number of halogens is 1. The number of carbonyl (C=O) groups excluding carboxylic acids is 1. The molecule has 0 aliphatic heterocycles. The van der Waals surface area contributed by atoms with E-state index in [1.165, 1.54) is 26.2 Å². The van der Waals surface area contributed by atoms with E-state index in [1.54, 1.807) is 0 Å². The third kappa shape index (κ3) is 1.70. The third-order valence-electron chi connectivity index (χ3n) is 1.80. The van der Waals surface area contributed by atoms with Crippen LogP contribution in [0, 0.1) is 11.3 Å². The summed E-state index contributed by atoms with van der Waals surface area (Å²) in [5, 5.41) is 9.19. The number of nitrogens with zero attached hydrogens (tertiary/aromatic N) is 1. The summed E-state index contributed by atoms with van der Waals surface area (Å²) in [6.07, 6.45) is 0. The number of benzene rings is 1. The normalized spacial score (nSPS) is 9.29. The second-order valence-electron chi connectivity index (χ2n) is 2.67. The quantitative estimate of drug-likeness (QED) is 0.703. The molecule has 0 saturated carbocycles. The average Bonchev–Trinajstić information content (AvgIpc) is 2.16. The highest BCUT2D eigenvalue weighted by Crippen LogP contribution is 2.30. The first-order chi connectivity index (χ1) is 6.61. The highest BCUT2D eigenvalue weighted by Gasteiger charge is 2.15. The molecule has 0 radical (unpaired) electrons. The molecule has 4 heteroatoms. The van der Waals surface area contributed by atoms with Crippen LogP contribution >= 0.6 is 11.6 Å². The molecule has 1 rings (SSSR count). The van der Waals surface area contributed by atoms with Gasteiger partial charge in [-0.05, 0) is 19.1 Å². The van der Waals surface area contributed by atoms with Crippen molar-refractivity contribution in [2.24, 2.45) is 0 Å². The van der Waals surface area contributed by atoms with Gasteiger partial charge < -0.3 is 4.74 Å². The van der Waals surface area contributed by atoms with E-state index >= 15 is 0 Å². The Kier molecular flexibility index (Phi) is 3.10. The lowest BCUT2D eigenvalue weighted by Gasteiger charge is -2.07. The van der Waals surface area contributed by atoms with Crippen LogP contribution in [0.3, 0.4) is 0 Å². The first-order valence-corrected chi connectivity index (χ1v) is 4.27. The van der Waals surface area contributed by atoms with Crippen molar-refractivity contribution in [3.8, 4) is 11.8 Å². The summed E-state index contributed by atoms with van der Waals surface area (Å²) in [6, 6.07) is 4.97. The van der Waals surface area contributed by atoms with Crippen molar-refractivity contribution >= 4 is 17.4 Å². The maximum Gasteiger partial charge on any atom is 0.161 e. The molecular weight excluding hydrogens is 202 g/mol. The molecule has 0 N–H and O–H groups in total. The predicted molar refractivity (Wildman–Crippen MR) is 52.7 cm³/mol. The molecule has 0 amide bonds. The molecule has 0 aromatic heterocycles. The molecule has 0 spiro atoms. The zero-order valence-electron chi connectivity index (χ0n) is 7.80. The van der Waals surface area contributed by atoms with Gasteiger partial charge in [0, 0.05) is 5.56 Å². The molecule has 72 valence electrons. The van der Waals surface area contributed by atoms with Crippen LogP contribution in [0.2, 0.25) is 5.02 Å². The van der Waals surface area contributed by atoms with Crippen LogP contribution in [0.5, 0.6) is 5.75 Å². The SMILES string of the molecule is COc1c(Cl)ccc(C(C)=O)c1C#N. The Hall–Kier alpha value is -1.53. The van der Waals surface area contributed by atoms with Gasteiger partial charge in [-0.3, -0.25) is 4.79 Å². The first-order valence-electron chi connectivity index (χ1n) is 3.89. The number of ether oxygens (including phenoxy) is 1. The van der Waals surface area contributed by atoms with E-state index in [0.717, 1.165) is 0 Å². The van der Waals surface area contributed by atoms with Crippen molar-refractivity contribution in [3.05, 3.63) is 28.3 Å². The number of ketones is 1. The zero-order valence-corrected chi connectivity index (χ0v) is 8.55. The minimum absolute atomic E-state index is 0.184. The van der Waals surface area contributed by atoms with Gasteiger partial charge in [0.1, 0.15) is 11.6 Å². The molecule has 0 saturated heterocycles. The summed E-state index contributed by atoms with van der Waals surface area (Å²) in [7, 11) is 1.41. The molecule has 0 aliphatic rings. The number of Topliss-reactive ketones (excluding diaryl/α,β-unsaturated/α-hetero) is 1. The van der Waals surface area contributed by atoms with Crippen LogP contribution < -0.4 is 4.74 Å². The van der Waals surface area contributed by atoms with Crippen molar-refractivity contribution in [2.75, 3.05) is 7.11 Å². The highest BCUT2D eigenvalue weighted by atomic mass is 35.5. The summed E-state index contributed by atoms with van der Waals surface area (Å²) in [6.45, 7) is 1.39. The van der Waals surface area contributed by atoms with E-state index in [0.29, 0.717) is 10.6 Å². The van der Waals surface area contributed by atoms with Crippen LogP contribution in [0.25, 0.3) is 0 Å². The van der Waals surface area contributed by atoms with E-state index in [1.807, 2.05) is 6.07 Å². The van der Waals surface area contributed by atoms with Crippen molar-refractivity contribution < 1.29 is 9.53 Å². The van der Waals surface area contributed by atoms with E-state index in [-0.39, 0.29) is 17.1 Å². The molecule has 0 heterocycles. The highest BCUT2D eigenvalue weighted by molar-refractivity contribution is 6.32. The Morgan fingerprint density at radius 1 is 1.57 bits per heavy atom. The molecule has 3 nitrogen and oxygen atoms in total. The van der Waals surface area contributed by atoms with Crippen molar-refractivity contribution in [2.45, 2.75) is 6.92 Å².